The lowest BCUT2D eigenvalue weighted by molar-refractivity contribution is -0.385. The molecule has 114 valence electrons. The van der Waals surface area contributed by atoms with Gasteiger partial charge in [-0.25, -0.2) is 4.57 Å². The Bertz CT molecular complexity index is 775. The van der Waals surface area contributed by atoms with Crippen LogP contribution in [0.15, 0.2) is 48.5 Å². The van der Waals surface area contributed by atoms with E-state index in [9.17, 15) is 29.7 Å². The topological polar surface area (TPSA) is 133 Å². The van der Waals surface area contributed by atoms with Crippen LogP contribution in [0, 0.1) is 20.2 Å². The van der Waals surface area contributed by atoms with E-state index in [4.69, 9.17) is 4.52 Å². The predicted molar refractivity (Wildman–Crippen MR) is 76.3 cm³/mol. The highest BCUT2D eigenvalue weighted by Gasteiger charge is 2.26. The second-order valence-electron chi connectivity index (χ2n) is 4.14. The van der Waals surface area contributed by atoms with Crippen molar-refractivity contribution < 1.29 is 23.8 Å². The van der Waals surface area contributed by atoms with Crippen molar-refractivity contribution in [3.8, 4) is 5.75 Å². The van der Waals surface area contributed by atoms with Gasteiger partial charge in [-0.2, -0.15) is 0 Å². The van der Waals surface area contributed by atoms with Gasteiger partial charge in [0.2, 0.25) is 0 Å². The van der Waals surface area contributed by atoms with Gasteiger partial charge in [-0.3, -0.25) is 20.2 Å². The molecule has 10 heteroatoms. The number of nitro groups is 2. The van der Waals surface area contributed by atoms with E-state index >= 15 is 0 Å². The van der Waals surface area contributed by atoms with E-state index < -0.39 is 17.4 Å². The van der Waals surface area contributed by atoms with Gasteiger partial charge in [-0.05, 0) is 18.2 Å². The Morgan fingerprint density at radius 1 is 0.955 bits per heavy atom. The largest absolute Gasteiger partial charge is 0.421 e. The van der Waals surface area contributed by atoms with E-state index in [2.05, 4.69) is 0 Å². The van der Waals surface area contributed by atoms with Gasteiger partial charge in [0, 0.05) is 24.3 Å². The molecule has 0 bridgehead atoms. The van der Waals surface area contributed by atoms with E-state index in [1.807, 2.05) is 0 Å². The fourth-order valence-corrected chi connectivity index (χ4v) is 2.69. The molecule has 22 heavy (non-hydrogen) atoms. The molecule has 2 aromatic rings. The van der Waals surface area contributed by atoms with Crippen LogP contribution in [-0.2, 0) is 4.57 Å². The first-order valence-corrected chi connectivity index (χ1v) is 7.39. The Balaban J connectivity index is 2.27. The van der Waals surface area contributed by atoms with E-state index in [0.717, 1.165) is 18.2 Å². The van der Waals surface area contributed by atoms with Crippen molar-refractivity contribution in [3.63, 3.8) is 0 Å². The van der Waals surface area contributed by atoms with Crippen LogP contribution in [-0.4, -0.2) is 14.7 Å². The molecule has 1 unspecified atom stereocenters. The molecule has 9 nitrogen and oxygen atoms in total. The summed E-state index contributed by atoms with van der Waals surface area (Å²) in [6, 6.07) is 9.15. The van der Waals surface area contributed by atoms with E-state index in [1.165, 1.54) is 30.3 Å². The molecule has 0 fully saturated rings. The molecular weight excluding hydrogens is 315 g/mol. The van der Waals surface area contributed by atoms with Crippen molar-refractivity contribution in [1.29, 1.82) is 0 Å². The second kappa shape index (κ2) is 5.92. The molecule has 0 aliphatic rings. The summed E-state index contributed by atoms with van der Waals surface area (Å²) in [5.74, 6) is -0.0667. The van der Waals surface area contributed by atoms with Crippen LogP contribution in [0.3, 0.4) is 0 Å². The van der Waals surface area contributed by atoms with Crippen molar-refractivity contribution in [1.82, 2.24) is 0 Å². The lowest BCUT2D eigenvalue weighted by Crippen LogP contribution is -2.09. The molecule has 2 aromatic carbocycles. The zero-order valence-corrected chi connectivity index (χ0v) is 11.8. The SMILES string of the molecule is O=[N+]([O-])c1ccc(OP(=O)(O)c2cccc([N+](=O)[O-])c2)cc1. The van der Waals surface area contributed by atoms with Gasteiger partial charge >= 0.3 is 7.60 Å². The second-order valence-corrected chi connectivity index (χ2v) is 5.88. The fraction of sp³-hybridized carbons (Fsp3) is 0. The molecular formula is C12H9N2O7P. The van der Waals surface area contributed by atoms with Gasteiger partial charge in [0.05, 0.1) is 15.2 Å². The third-order valence-corrected chi connectivity index (χ3v) is 4.03. The quantitative estimate of drug-likeness (QED) is 0.507. The summed E-state index contributed by atoms with van der Waals surface area (Å²) in [5.41, 5.74) is -0.547. The molecule has 0 aliphatic carbocycles. The highest BCUT2D eigenvalue weighted by atomic mass is 31.2. The van der Waals surface area contributed by atoms with Crippen LogP contribution in [0.25, 0.3) is 0 Å². The van der Waals surface area contributed by atoms with Crippen molar-refractivity contribution in [2.24, 2.45) is 0 Å². The number of hydrogen-bond acceptors (Lipinski definition) is 6. The first kappa shape index (κ1) is 15.6. The van der Waals surface area contributed by atoms with Gasteiger partial charge < -0.3 is 9.42 Å². The molecule has 0 aliphatic heterocycles. The number of benzene rings is 2. The highest BCUT2D eigenvalue weighted by Crippen LogP contribution is 2.42. The standard InChI is InChI=1S/C12H9N2O7P/c15-13(16)9-4-6-11(7-5-9)21-22(19,20)12-3-1-2-10(8-12)14(17)18/h1-8H,(H,19,20). The van der Waals surface area contributed by atoms with E-state index in [1.54, 1.807) is 0 Å². The molecule has 0 heterocycles. The van der Waals surface area contributed by atoms with Gasteiger partial charge in [0.25, 0.3) is 11.4 Å². The van der Waals surface area contributed by atoms with Gasteiger partial charge in [-0.1, -0.05) is 6.07 Å². The maximum Gasteiger partial charge on any atom is 0.408 e. The van der Waals surface area contributed by atoms with Crippen molar-refractivity contribution in [3.05, 3.63) is 68.8 Å². The van der Waals surface area contributed by atoms with Crippen molar-refractivity contribution in [2.45, 2.75) is 0 Å². The predicted octanol–water partition coefficient (Wildman–Crippen LogP) is 2.39. The summed E-state index contributed by atoms with van der Waals surface area (Å²) >= 11 is 0. The highest BCUT2D eigenvalue weighted by molar-refractivity contribution is 7.61. The van der Waals surface area contributed by atoms with Gasteiger partial charge in [-0.15, -0.1) is 0 Å². The summed E-state index contributed by atoms with van der Waals surface area (Å²) < 4.78 is 17.1. The zero-order valence-electron chi connectivity index (χ0n) is 10.9. The fourth-order valence-electron chi connectivity index (χ4n) is 1.61. The minimum absolute atomic E-state index is 0.0667. The summed E-state index contributed by atoms with van der Waals surface area (Å²) in [6.07, 6.45) is 0. The number of rotatable bonds is 5. The van der Waals surface area contributed by atoms with Crippen LogP contribution in [0.1, 0.15) is 0 Å². The Morgan fingerprint density at radius 2 is 1.55 bits per heavy atom. The first-order chi connectivity index (χ1) is 10.3. The molecule has 0 saturated carbocycles. The molecule has 0 radical (unpaired) electrons. The third kappa shape index (κ3) is 3.46. The number of nitrogens with zero attached hydrogens (tertiary/aromatic N) is 2. The van der Waals surface area contributed by atoms with Gasteiger partial charge in [0.15, 0.2) is 0 Å². The Labute approximate surface area is 123 Å². The molecule has 1 atom stereocenters. The van der Waals surface area contributed by atoms with Crippen LogP contribution in [0.4, 0.5) is 11.4 Å². The Morgan fingerprint density at radius 3 is 2.09 bits per heavy atom. The monoisotopic (exact) mass is 324 g/mol. The van der Waals surface area contributed by atoms with Crippen LogP contribution in [0.2, 0.25) is 0 Å². The van der Waals surface area contributed by atoms with Crippen LogP contribution >= 0.6 is 7.60 Å². The Kier molecular flexibility index (Phi) is 4.20. The molecule has 0 aromatic heterocycles. The average Bonchev–Trinajstić information content (AvgIpc) is 2.47. The Hall–Kier alpha value is -2.77. The molecule has 0 amide bonds. The summed E-state index contributed by atoms with van der Waals surface area (Å²) in [6.45, 7) is 0. The zero-order chi connectivity index (χ0) is 16.3. The number of nitro benzene ring substituents is 2. The lowest BCUT2D eigenvalue weighted by Gasteiger charge is -2.13. The van der Waals surface area contributed by atoms with Crippen molar-refractivity contribution in [2.75, 3.05) is 0 Å². The molecule has 2 rings (SSSR count). The first-order valence-electron chi connectivity index (χ1n) is 5.81. The normalized spacial score (nSPS) is 13.1. The maximum atomic E-state index is 12.2. The van der Waals surface area contributed by atoms with Crippen molar-refractivity contribution >= 4 is 24.3 Å². The summed E-state index contributed by atoms with van der Waals surface area (Å²) in [5, 5.41) is 20.9. The van der Waals surface area contributed by atoms with Crippen LogP contribution < -0.4 is 9.83 Å². The number of non-ortho nitro benzene ring substituents is 2. The van der Waals surface area contributed by atoms with Crippen LogP contribution in [0.5, 0.6) is 5.75 Å². The molecule has 0 saturated heterocycles. The lowest BCUT2D eigenvalue weighted by atomic mass is 10.3. The molecule has 1 N–H and O–H groups in total. The minimum atomic E-state index is -4.35. The minimum Gasteiger partial charge on any atom is -0.421 e. The summed E-state index contributed by atoms with van der Waals surface area (Å²) in [4.78, 5) is 29.8. The maximum absolute atomic E-state index is 12.2. The van der Waals surface area contributed by atoms with E-state index in [-0.39, 0.29) is 22.4 Å². The molecule has 0 spiro atoms. The summed E-state index contributed by atoms with van der Waals surface area (Å²) in [7, 11) is -4.35. The average molecular weight is 324 g/mol. The van der Waals surface area contributed by atoms with E-state index in [0.29, 0.717) is 0 Å². The smallest absolute Gasteiger partial charge is 0.408 e. The number of hydrogen-bond donors (Lipinski definition) is 1. The van der Waals surface area contributed by atoms with Gasteiger partial charge in [0.1, 0.15) is 5.75 Å². The third-order valence-electron chi connectivity index (χ3n) is 2.64.